The molecule has 2 aliphatic rings. The van der Waals surface area contributed by atoms with Gasteiger partial charge in [0.15, 0.2) is 0 Å². The zero-order valence-electron chi connectivity index (χ0n) is 16.3. The Morgan fingerprint density at radius 1 is 1.04 bits per heavy atom. The number of rotatable bonds is 4. The van der Waals surface area contributed by atoms with E-state index in [1.54, 1.807) is 11.3 Å². The van der Waals surface area contributed by atoms with E-state index in [-0.39, 0.29) is 11.8 Å². The monoisotopic (exact) mass is 376 g/mol. The number of thiophene rings is 1. The molecule has 1 aromatic heterocycles. The fraction of sp³-hybridized carbons (Fsp3) is 0.714. The van der Waals surface area contributed by atoms with Gasteiger partial charge in [-0.25, -0.2) is 0 Å². The molecule has 2 fully saturated rings. The fourth-order valence-corrected chi connectivity index (χ4v) is 5.22. The molecule has 3 heterocycles. The van der Waals surface area contributed by atoms with Crippen LogP contribution in [0.3, 0.4) is 0 Å². The van der Waals surface area contributed by atoms with E-state index >= 15 is 0 Å². The van der Waals surface area contributed by atoms with Crippen LogP contribution in [0.15, 0.2) is 6.07 Å². The zero-order chi connectivity index (χ0) is 18.5. The van der Waals surface area contributed by atoms with E-state index in [1.807, 2.05) is 4.90 Å². The summed E-state index contributed by atoms with van der Waals surface area (Å²) in [5.74, 6) is 0.593. The molecule has 0 aliphatic carbocycles. The van der Waals surface area contributed by atoms with Gasteiger partial charge in [-0.15, -0.1) is 11.3 Å². The van der Waals surface area contributed by atoms with Crippen LogP contribution in [0.2, 0.25) is 0 Å². The standard InChI is InChI=1S/C21H32N2O2S/c1-3-8-18-15-19(26-16(18)2)21(25)23-13-9-17(10-14-23)20(24)22-11-6-4-5-7-12-22/h15,17H,3-14H2,1-2H3. The van der Waals surface area contributed by atoms with Gasteiger partial charge >= 0.3 is 0 Å². The number of piperidine rings is 1. The molecule has 144 valence electrons. The molecule has 5 heteroatoms. The Morgan fingerprint density at radius 3 is 2.31 bits per heavy atom. The first kappa shape index (κ1) is 19.4. The minimum absolute atomic E-state index is 0.109. The van der Waals surface area contributed by atoms with Crippen LogP contribution in [0, 0.1) is 12.8 Å². The highest BCUT2D eigenvalue weighted by atomic mass is 32.1. The molecule has 0 atom stereocenters. The first-order chi connectivity index (χ1) is 12.6. The average Bonchev–Trinajstić information content (AvgIpc) is 2.87. The minimum Gasteiger partial charge on any atom is -0.342 e. The Morgan fingerprint density at radius 2 is 1.69 bits per heavy atom. The SMILES string of the molecule is CCCc1cc(C(=O)N2CCC(C(=O)N3CCCCCC3)CC2)sc1C. The van der Waals surface area contributed by atoms with E-state index in [2.05, 4.69) is 24.8 Å². The summed E-state index contributed by atoms with van der Waals surface area (Å²) in [7, 11) is 0. The molecule has 2 amide bonds. The van der Waals surface area contributed by atoms with E-state index < -0.39 is 0 Å². The van der Waals surface area contributed by atoms with Gasteiger partial charge < -0.3 is 9.80 Å². The second-order valence-electron chi connectivity index (χ2n) is 7.75. The largest absolute Gasteiger partial charge is 0.342 e. The van der Waals surface area contributed by atoms with Crippen LogP contribution >= 0.6 is 11.3 Å². The quantitative estimate of drug-likeness (QED) is 0.788. The summed E-state index contributed by atoms with van der Waals surface area (Å²) in [6.07, 6.45) is 8.55. The van der Waals surface area contributed by atoms with Gasteiger partial charge in [-0.3, -0.25) is 9.59 Å². The highest BCUT2D eigenvalue weighted by molar-refractivity contribution is 7.14. The number of carbonyl (C=O) groups is 2. The fourth-order valence-electron chi connectivity index (χ4n) is 4.18. The predicted octanol–water partition coefficient (Wildman–Crippen LogP) is 4.26. The Kier molecular flexibility index (Phi) is 6.74. The Labute approximate surface area is 161 Å². The highest BCUT2D eigenvalue weighted by Gasteiger charge is 2.31. The van der Waals surface area contributed by atoms with Crippen molar-refractivity contribution in [2.24, 2.45) is 5.92 Å². The summed E-state index contributed by atoms with van der Waals surface area (Å²) in [6.45, 7) is 7.55. The summed E-state index contributed by atoms with van der Waals surface area (Å²) in [5, 5.41) is 0. The van der Waals surface area contributed by atoms with E-state index in [9.17, 15) is 9.59 Å². The van der Waals surface area contributed by atoms with E-state index in [0.29, 0.717) is 19.0 Å². The smallest absolute Gasteiger partial charge is 0.263 e. The maximum Gasteiger partial charge on any atom is 0.263 e. The number of nitrogens with zero attached hydrogens (tertiary/aromatic N) is 2. The summed E-state index contributed by atoms with van der Waals surface area (Å²) in [4.78, 5) is 31.8. The third-order valence-corrected chi connectivity index (χ3v) is 6.88. The molecule has 0 radical (unpaired) electrons. The van der Waals surface area contributed by atoms with Crippen LogP contribution in [-0.2, 0) is 11.2 Å². The van der Waals surface area contributed by atoms with E-state index in [4.69, 9.17) is 0 Å². The van der Waals surface area contributed by atoms with Gasteiger partial charge in [0.05, 0.1) is 4.88 Å². The molecule has 0 N–H and O–H groups in total. The summed E-state index contributed by atoms with van der Waals surface area (Å²) < 4.78 is 0. The molecule has 2 saturated heterocycles. The molecular weight excluding hydrogens is 344 g/mol. The molecule has 0 aromatic carbocycles. The van der Waals surface area contributed by atoms with Crippen molar-refractivity contribution in [3.05, 3.63) is 21.4 Å². The van der Waals surface area contributed by atoms with Gasteiger partial charge in [-0.05, 0) is 50.7 Å². The molecule has 3 rings (SSSR count). The summed E-state index contributed by atoms with van der Waals surface area (Å²) >= 11 is 1.62. The van der Waals surface area contributed by atoms with Crippen LogP contribution in [-0.4, -0.2) is 47.8 Å². The summed E-state index contributed by atoms with van der Waals surface area (Å²) in [5.41, 5.74) is 1.31. The third-order valence-electron chi connectivity index (χ3n) is 5.80. The summed E-state index contributed by atoms with van der Waals surface area (Å²) in [6, 6.07) is 2.08. The maximum absolute atomic E-state index is 12.8. The molecule has 2 aliphatic heterocycles. The molecule has 1 aromatic rings. The van der Waals surface area contributed by atoms with Crippen LogP contribution in [0.4, 0.5) is 0 Å². The van der Waals surface area contributed by atoms with Gasteiger partial charge in [-0.2, -0.15) is 0 Å². The third kappa shape index (κ3) is 4.48. The molecule has 4 nitrogen and oxygen atoms in total. The number of likely N-dealkylation sites (tertiary alicyclic amines) is 2. The zero-order valence-corrected chi connectivity index (χ0v) is 17.1. The van der Waals surface area contributed by atoms with Gasteiger partial charge in [0.2, 0.25) is 5.91 Å². The molecule has 0 bridgehead atoms. The van der Waals surface area contributed by atoms with Crippen LogP contribution < -0.4 is 0 Å². The lowest BCUT2D eigenvalue weighted by Gasteiger charge is -2.33. The van der Waals surface area contributed by atoms with Gasteiger partial charge in [0.1, 0.15) is 0 Å². The highest BCUT2D eigenvalue weighted by Crippen LogP contribution is 2.27. The lowest BCUT2D eigenvalue weighted by molar-refractivity contribution is -0.136. The Hall–Kier alpha value is -1.36. The van der Waals surface area contributed by atoms with Crippen LogP contribution in [0.5, 0.6) is 0 Å². The number of carbonyl (C=O) groups excluding carboxylic acids is 2. The molecular formula is C21H32N2O2S. The lowest BCUT2D eigenvalue weighted by atomic mass is 9.95. The molecule has 0 unspecified atom stereocenters. The second-order valence-corrected chi connectivity index (χ2v) is 9.00. The Bertz CT molecular complexity index is 624. The van der Waals surface area contributed by atoms with Crippen molar-refractivity contribution in [1.82, 2.24) is 9.80 Å². The van der Waals surface area contributed by atoms with Crippen molar-refractivity contribution in [2.45, 2.75) is 65.2 Å². The van der Waals surface area contributed by atoms with Crippen molar-refractivity contribution >= 4 is 23.2 Å². The van der Waals surface area contributed by atoms with Gasteiger partial charge in [-0.1, -0.05) is 26.2 Å². The van der Waals surface area contributed by atoms with Crippen molar-refractivity contribution in [2.75, 3.05) is 26.2 Å². The first-order valence-corrected chi connectivity index (χ1v) is 11.1. The second kappa shape index (κ2) is 9.03. The lowest BCUT2D eigenvalue weighted by Crippen LogP contribution is -2.44. The number of aryl methyl sites for hydroxylation is 2. The predicted molar refractivity (Wildman–Crippen MR) is 107 cm³/mol. The molecule has 0 spiro atoms. The molecule has 26 heavy (non-hydrogen) atoms. The van der Waals surface area contributed by atoms with E-state index in [0.717, 1.165) is 56.5 Å². The van der Waals surface area contributed by atoms with Gasteiger partial charge in [0, 0.05) is 37.0 Å². The van der Waals surface area contributed by atoms with Crippen LogP contribution in [0.25, 0.3) is 0 Å². The van der Waals surface area contributed by atoms with E-state index in [1.165, 1.54) is 23.3 Å². The number of amides is 2. The van der Waals surface area contributed by atoms with Crippen molar-refractivity contribution in [3.63, 3.8) is 0 Å². The number of hydrogen-bond donors (Lipinski definition) is 0. The average molecular weight is 377 g/mol. The minimum atomic E-state index is 0.109. The van der Waals surface area contributed by atoms with Crippen molar-refractivity contribution < 1.29 is 9.59 Å². The number of hydrogen-bond acceptors (Lipinski definition) is 3. The van der Waals surface area contributed by atoms with Crippen molar-refractivity contribution in [3.8, 4) is 0 Å². The first-order valence-electron chi connectivity index (χ1n) is 10.3. The Balaban J connectivity index is 1.55. The maximum atomic E-state index is 12.8. The molecule has 0 saturated carbocycles. The normalized spacial score (nSPS) is 19.5. The topological polar surface area (TPSA) is 40.6 Å². The van der Waals surface area contributed by atoms with Gasteiger partial charge in [0.25, 0.3) is 5.91 Å². The van der Waals surface area contributed by atoms with Crippen molar-refractivity contribution in [1.29, 1.82) is 0 Å². The van der Waals surface area contributed by atoms with Crippen LogP contribution in [0.1, 0.15) is 72.0 Å².